The molecule has 1 aromatic carbocycles. The van der Waals surface area contributed by atoms with Crippen LogP contribution in [-0.2, 0) is 13.0 Å². The molecule has 0 aliphatic rings. The van der Waals surface area contributed by atoms with E-state index in [0.717, 1.165) is 24.4 Å². The summed E-state index contributed by atoms with van der Waals surface area (Å²) in [5.41, 5.74) is 6.27. The molecule has 0 atom stereocenters. The van der Waals surface area contributed by atoms with E-state index in [1.807, 2.05) is 19.2 Å². The number of aromatic nitrogens is 2. The molecule has 114 valence electrons. The van der Waals surface area contributed by atoms with Crippen LogP contribution in [0, 0.1) is 20.8 Å². The van der Waals surface area contributed by atoms with Crippen molar-refractivity contribution < 1.29 is 4.74 Å². The molecule has 0 saturated carbocycles. The van der Waals surface area contributed by atoms with E-state index >= 15 is 0 Å². The summed E-state index contributed by atoms with van der Waals surface area (Å²) in [5.74, 6) is 0.912. The van der Waals surface area contributed by atoms with Crippen LogP contribution in [0.15, 0.2) is 36.5 Å². The number of nitrogens with zero attached hydrogens (tertiary/aromatic N) is 2. The van der Waals surface area contributed by atoms with Crippen molar-refractivity contribution >= 4 is 10.9 Å². The molecule has 0 N–H and O–H groups in total. The maximum Gasteiger partial charge on any atom is 0.119 e. The topological polar surface area (TPSA) is 27.1 Å². The third-order valence-electron chi connectivity index (χ3n) is 4.44. The second-order valence-corrected chi connectivity index (χ2v) is 5.80. The van der Waals surface area contributed by atoms with Gasteiger partial charge in [0.2, 0.25) is 0 Å². The second-order valence-electron chi connectivity index (χ2n) is 5.80. The van der Waals surface area contributed by atoms with Gasteiger partial charge in [-0.25, -0.2) is 0 Å². The molecule has 2 heterocycles. The lowest BCUT2D eigenvalue weighted by atomic mass is 10.1. The molecule has 2 aromatic heterocycles. The zero-order chi connectivity index (χ0) is 15.7. The normalized spacial score (nSPS) is 11.1. The Labute approximate surface area is 131 Å². The molecule has 0 aliphatic carbocycles. The van der Waals surface area contributed by atoms with Gasteiger partial charge in [0.05, 0.1) is 7.11 Å². The summed E-state index contributed by atoms with van der Waals surface area (Å²) in [4.78, 5) is 4.38. The summed E-state index contributed by atoms with van der Waals surface area (Å²) in [7, 11) is 1.71. The smallest absolute Gasteiger partial charge is 0.119 e. The number of fused-ring (bicyclic) bond motifs is 1. The van der Waals surface area contributed by atoms with E-state index in [0.29, 0.717) is 0 Å². The molecule has 3 aromatic rings. The molecule has 0 spiro atoms. The standard InChI is InChI=1S/C19H22N2O/c1-13-5-6-16(12-20-13)9-10-21-15(3)14(2)18-11-17(22-4)7-8-19(18)21/h5-8,11-12H,9-10H2,1-4H3. The summed E-state index contributed by atoms with van der Waals surface area (Å²) in [6.07, 6.45) is 2.97. The summed E-state index contributed by atoms with van der Waals surface area (Å²) in [6.45, 7) is 7.35. The van der Waals surface area contributed by atoms with Crippen LogP contribution in [-0.4, -0.2) is 16.7 Å². The minimum atomic E-state index is 0.912. The van der Waals surface area contributed by atoms with E-state index in [9.17, 15) is 0 Å². The molecule has 3 rings (SSSR count). The van der Waals surface area contributed by atoms with Gasteiger partial charge in [0.15, 0.2) is 0 Å². The lowest BCUT2D eigenvalue weighted by Crippen LogP contribution is -2.03. The van der Waals surface area contributed by atoms with E-state index in [1.165, 1.54) is 27.7 Å². The molecule has 22 heavy (non-hydrogen) atoms. The number of ether oxygens (including phenoxy) is 1. The van der Waals surface area contributed by atoms with Crippen LogP contribution in [0.1, 0.15) is 22.5 Å². The van der Waals surface area contributed by atoms with E-state index in [1.54, 1.807) is 7.11 Å². The Morgan fingerprint density at radius 3 is 2.59 bits per heavy atom. The second kappa shape index (κ2) is 5.84. The van der Waals surface area contributed by atoms with Gasteiger partial charge in [-0.05, 0) is 62.6 Å². The Kier molecular flexibility index (Phi) is 3.88. The Morgan fingerprint density at radius 1 is 1.09 bits per heavy atom. The molecule has 3 nitrogen and oxygen atoms in total. The van der Waals surface area contributed by atoms with Gasteiger partial charge >= 0.3 is 0 Å². The zero-order valence-corrected chi connectivity index (χ0v) is 13.7. The fourth-order valence-corrected chi connectivity index (χ4v) is 2.93. The maximum atomic E-state index is 5.35. The van der Waals surface area contributed by atoms with E-state index in [4.69, 9.17) is 4.74 Å². The van der Waals surface area contributed by atoms with Crippen molar-refractivity contribution in [2.24, 2.45) is 0 Å². The van der Waals surface area contributed by atoms with Gasteiger partial charge < -0.3 is 9.30 Å². The lowest BCUT2D eigenvalue weighted by Gasteiger charge is -2.09. The van der Waals surface area contributed by atoms with Crippen molar-refractivity contribution in [2.45, 2.75) is 33.7 Å². The van der Waals surface area contributed by atoms with E-state index in [2.05, 4.69) is 47.7 Å². The monoisotopic (exact) mass is 294 g/mol. The first-order valence-electron chi connectivity index (χ1n) is 7.65. The first-order chi connectivity index (χ1) is 10.6. The Hall–Kier alpha value is -2.29. The van der Waals surface area contributed by atoms with Gasteiger partial charge in [0.25, 0.3) is 0 Å². The predicted molar refractivity (Wildman–Crippen MR) is 90.6 cm³/mol. The van der Waals surface area contributed by atoms with E-state index < -0.39 is 0 Å². The Bertz CT molecular complexity index is 800. The highest BCUT2D eigenvalue weighted by Gasteiger charge is 2.11. The highest BCUT2D eigenvalue weighted by atomic mass is 16.5. The Morgan fingerprint density at radius 2 is 1.91 bits per heavy atom. The minimum absolute atomic E-state index is 0.912. The molecular formula is C19H22N2O. The van der Waals surface area contributed by atoms with Crippen LogP contribution < -0.4 is 4.74 Å². The van der Waals surface area contributed by atoms with Gasteiger partial charge in [-0.15, -0.1) is 0 Å². The number of aryl methyl sites for hydroxylation is 4. The summed E-state index contributed by atoms with van der Waals surface area (Å²) in [5, 5.41) is 1.28. The van der Waals surface area contributed by atoms with Crippen LogP contribution >= 0.6 is 0 Å². The predicted octanol–water partition coefficient (Wildman–Crippen LogP) is 4.21. The van der Waals surface area contributed by atoms with Gasteiger partial charge in [-0.1, -0.05) is 6.07 Å². The first kappa shape index (κ1) is 14.6. The maximum absolute atomic E-state index is 5.35. The van der Waals surface area contributed by atoms with Crippen LogP contribution in [0.3, 0.4) is 0 Å². The van der Waals surface area contributed by atoms with Gasteiger partial charge in [0, 0.05) is 35.0 Å². The Balaban J connectivity index is 1.93. The van der Waals surface area contributed by atoms with Crippen LogP contribution in [0.2, 0.25) is 0 Å². The average molecular weight is 294 g/mol. The molecule has 0 radical (unpaired) electrons. The summed E-state index contributed by atoms with van der Waals surface area (Å²) < 4.78 is 7.74. The van der Waals surface area contributed by atoms with Crippen molar-refractivity contribution in [1.82, 2.24) is 9.55 Å². The minimum Gasteiger partial charge on any atom is -0.497 e. The fourth-order valence-electron chi connectivity index (χ4n) is 2.93. The SMILES string of the molecule is COc1ccc2c(c1)c(C)c(C)n2CCc1ccc(C)nc1. The van der Waals surface area contributed by atoms with Crippen molar-refractivity contribution in [2.75, 3.05) is 7.11 Å². The highest BCUT2D eigenvalue weighted by molar-refractivity contribution is 5.86. The summed E-state index contributed by atoms with van der Waals surface area (Å²) in [6, 6.07) is 10.6. The van der Waals surface area contributed by atoms with E-state index in [-0.39, 0.29) is 0 Å². The zero-order valence-electron chi connectivity index (χ0n) is 13.7. The van der Waals surface area contributed by atoms with Gasteiger partial charge in [-0.3, -0.25) is 4.98 Å². The number of benzene rings is 1. The molecule has 0 bridgehead atoms. The van der Waals surface area contributed by atoms with Crippen LogP contribution in [0.4, 0.5) is 0 Å². The number of methoxy groups -OCH3 is 1. The average Bonchev–Trinajstić information content (AvgIpc) is 2.78. The molecule has 3 heteroatoms. The first-order valence-corrected chi connectivity index (χ1v) is 7.65. The van der Waals surface area contributed by atoms with Crippen molar-refractivity contribution in [1.29, 1.82) is 0 Å². The third-order valence-corrected chi connectivity index (χ3v) is 4.44. The molecule has 0 fully saturated rings. The number of hydrogen-bond acceptors (Lipinski definition) is 2. The quantitative estimate of drug-likeness (QED) is 0.720. The lowest BCUT2D eigenvalue weighted by molar-refractivity contribution is 0.415. The molecule has 0 unspecified atom stereocenters. The van der Waals surface area contributed by atoms with Gasteiger partial charge in [0.1, 0.15) is 5.75 Å². The number of pyridine rings is 1. The number of rotatable bonds is 4. The van der Waals surface area contributed by atoms with Crippen molar-refractivity contribution in [3.05, 3.63) is 59.0 Å². The highest BCUT2D eigenvalue weighted by Crippen LogP contribution is 2.28. The summed E-state index contributed by atoms with van der Waals surface area (Å²) >= 11 is 0. The fraction of sp³-hybridized carbons (Fsp3) is 0.316. The number of hydrogen-bond donors (Lipinski definition) is 0. The third kappa shape index (κ3) is 2.59. The molecule has 0 aliphatic heterocycles. The molecule has 0 amide bonds. The molecule has 0 saturated heterocycles. The van der Waals surface area contributed by atoms with Crippen molar-refractivity contribution in [3.63, 3.8) is 0 Å². The largest absolute Gasteiger partial charge is 0.497 e. The van der Waals surface area contributed by atoms with Gasteiger partial charge in [-0.2, -0.15) is 0 Å². The molecular weight excluding hydrogens is 272 g/mol. The van der Waals surface area contributed by atoms with Crippen LogP contribution in [0.25, 0.3) is 10.9 Å². The van der Waals surface area contributed by atoms with Crippen molar-refractivity contribution in [3.8, 4) is 5.75 Å². The van der Waals surface area contributed by atoms with Crippen LogP contribution in [0.5, 0.6) is 5.75 Å².